The van der Waals surface area contributed by atoms with E-state index in [0.29, 0.717) is 10.8 Å². The molecule has 14 heavy (non-hydrogen) atoms. The molecule has 0 saturated carbocycles. The predicted molar refractivity (Wildman–Crippen MR) is 55.2 cm³/mol. The maximum absolute atomic E-state index is 5.64. The van der Waals surface area contributed by atoms with Crippen LogP contribution in [0.15, 0.2) is 21.8 Å². The van der Waals surface area contributed by atoms with Gasteiger partial charge in [0.2, 0.25) is 0 Å². The molecule has 0 fully saturated rings. The molecule has 0 aromatic carbocycles. The van der Waals surface area contributed by atoms with Crippen LogP contribution in [0.4, 0.5) is 5.82 Å². The highest BCUT2D eigenvalue weighted by Crippen LogP contribution is 2.29. The smallest absolute Gasteiger partial charge is 0.176 e. The molecule has 0 radical (unpaired) electrons. The van der Waals surface area contributed by atoms with Gasteiger partial charge >= 0.3 is 0 Å². The molecule has 2 aromatic heterocycles. The summed E-state index contributed by atoms with van der Waals surface area (Å²) in [6.07, 6.45) is 3.16. The van der Waals surface area contributed by atoms with Crippen molar-refractivity contribution in [1.29, 1.82) is 0 Å². The minimum absolute atomic E-state index is 0.422. The molecule has 0 bridgehead atoms. The van der Waals surface area contributed by atoms with Gasteiger partial charge in [-0.1, -0.05) is 0 Å². The monoisotopic (exact) mass is 225 g/mol. The van der Waals surface area contributed by atoms with Gasteiger partial charge in [0.1, 0.15) is 10.9 Å². The number of aryl methyl sites for hydroxylation is 1. The van der Waals surface area contributed by atoms with E-state index in [2.05, 4.69) is 19.3 Å². The third kappa shape index (κ3) is 1.99. The summed E-state index contributed by atoms with van der Waals surface area (Å²) in [5.74, 6) is 1.19. The molecule has 0 aliphatic rings. The molecule has 0 amide bonds. The first-order valence-electron chi connectivity index (χ1n) is 3.80. The number of nitrogens with two attached hydrogens (primary N) is 1. The molecular weight excluding hydrogens is 218 g/mol. The van der Waals surface area contributed by atoms with Crippen LogP contribution in [-0.4, -0.2) is 19.3 Å². The van der Waals surface area contributed by atoms with Crippen LogP contribution in [0.3, 0.4) is 0 Å². The van der Waals surface area contributed by atoms with Crippen LogP contribution in [0.2, 0.25) is 0 Å². The maximum Gasteiger partial charge on any atom is 0.176 e. The normalized spacial score (nSPS) is 10.4. The van der Waals surface area contributed by atoms with E-state index in [1.165, 1.54) is 23.3 Å². The zero-order chi connectivity index (χ0) is 9.97. The summed E-state index contributed by atoms with van der Waals surface area (Å²) in [6.45, 7) is 1.85. The topological polar surface area (TPSA) is 77.6 Å². The predicted octanol–water partition coefficient (Wildman–Crippen LogP) is 1.37. The quantitative estimate of drug-likeness (QED) is 0.831. The van der Waals surface area contributed by atoms with Crippen molar-refractivity contribution >= 4 is 29.1 Å². The van der Waals surface area contributed by atoms with Crippen LogP contribution in [0, 0.1) is 6.92 Å². The Balaban J connectivity index is 2.23. The molecule has 2 heterocycles. The fourth-order valence-corrected chi connectivity index (χ4v) is 2.35. The summed E-state index contributed by atoms with van der Waals surface area (Å²) >= 11 is 2.71. The van der Waals surface area contributed by atoms with Crippen molar-refractivity contribution in [3.63, 3.8) is 0 Å². The van der Waals surface area contributed by atoms with Gasteiger partial charge in [-0.15, -0.1) is 0 Å². The van der Waals surface area contributed by atoms with E-state index in [0.717, 1.165) is 10.2 Å². The second-order valence-electron chi connectivity index (χ2n) is 2.46. The van der Waals surface area contributed by atoms with Crippen LogP contribution in [0.5, 0.6) is 0 Å². The lowest BCUT2D eigenvalue weighted by molar-refractivity contribution is 1.06. The zero-order valence-corrected chi connectivity index (χ0v) is 8.97. The lowest BCUT2D eigenvalue weighted by Gasteiger charge is -1.97. The molecule has 2 N–H and O–H groups in total. The number of hydrogen-bond donors (Lipinski definition) is 1. The van der Waals surface area contributed by atoms with Crippen molar-refractivity contribution < 1.29 is 0 Å². The Morgan fingerprint density at radius 1 is 1.36 bits per heavy atom. The number of nitrogens with zero attached hydrogens (tertiary/aromatic N) is 4. The Kier molecular flexibility index (Phi) is 2.60. The minimum Gasteiger partial charge on any atom is -0.381 e. The van der Waals surface area contributed by atoms with Gasteiger partial charge in [-0.05, 0) is 30.2 Å². The Labute approximate surface area is 89.0 Å². The first-order valence-corrected chi connectivity index (χ1v) is 5.39. The van der Waals surface area contributed by atoms with Gasteiger partial charge in [-0.25, -0.2) is 15.0 Å². The third-order valence-corrected chi connectivity index (χ3v) is 3.23. The average Bonchev–Trinajstić information content (AvgIpc) is 2.56. The molecule has 0 aliphatic heterocycles. The SMILES string of the molecule is Cc1nsc(Sc2nccnc2N)n1. The molecule has 0 unspecified atom stereocenters. The van der Waals surface area contributed by atoms with Crippen LogP contribution in [-0.2, 0) is 0 Å². The Morgan fingerprint density at radius 2 is 2.14 bits per heavy atom. The number of anilines is 1. The standard InChI is InChI=1S/C7H7N5S2/c1-4-11-7(14-12-4)13-6-5(8)9-2-3-10-6/h2-3H,1H3,(H2,8,9). The fourth-order valence-electron chi connectivity index (χ4n) is 0.817. The zero-order valence-electron chi connectivity index (χ0n) is 7.34. The van der Waals surface area contributed by atoms with Gasteiger partial charge in [0, 0.05) is 12.4 Å². The maximum atomic E-state index is 5.64. The molecule has 5 nitrogen and oxygen atoms in total. The first-order chi connectivity index (χ1) is 6.75. The summed E-state index contributed by atoms with van der Waals surface area (Å²) in [5.41, 5.74) is 5.64. The summed E-state index contributed by atoms with van der Waals surface area (Å²) in [5, 5.41) is 0.670. The van der Waals surface area contributed by atoms with Crippen LogP contribution in [0.25, 0.3) is 0 Å². The molecule has 72 valence electrons. The van der Waals surface area contributed by atoms with Crippen molar-refractivity contribution in [3.05, 3.63) is 18.2 Å². The van der Waals surface area contributed by atoms with Gasteiger partial charge in [-0.2, -0.15) is 4.37 Å². The van der Waals surface area contributed by atoms with E-state index in [4.69, 9.17) is 5.73 Å². The van der Waals surface area contributed by atoms with Gasteiger partial charge in [0.25, 0.3) is 0 Å². The Morgan fingerprint density at radius 3 is 2.79 bits per heavy atom. The number of hydrogen-bond acceptors (Lipinski definition) is 7. The highest BCUT2D eigenvalue weighted by atomic mass is 32.2. The lowest BCUT2D eigenvalue weighted by atomic mass is 10.7. The van der Waals surface area contributed by atoms with E-state index < -0.39 is 0 Å². The largest absolute Gasteiger partial charge is 0.381 e. The Bertz CT molecular complexity index is 441. The molecule has 0 saturated heterocycles. The van der Waals surface area contributed by atoms with E-state index in [1.807, 2.05) is 6.92 Å². The molecule has 2 rings (SSSR count). The van der Waals surface area contributed by atoms with E-state index >= 15 is 0 Å². The van der Waals surface area contributed by atoms with E-state index in [1.54, 1.807) is 12.4 Å². The number of aromatic nitrogens is 4. The third-order valence-electron chi connectivity index (χ3n) is 1.38. The number of nitrogen functional groups attached to an aromatic ring is 1. The Hall–Kier alpha value is -1.21. The minimum atomic E-state index is 0.422. The van der Waals surface area contributed by atoms with Gasteiger partial charge in [-0.3, -0.25) is 0 Å². The molecule has 2 aromatic rings. The van der Waals surface area contributed by atoms with Crippen LogP contribution >= 0.6 is 23.3 Å². The molecule has 0 spiro atoms. The molecule has 7 heteroatoms. The van der Waals surface area contributed by atoms with Crippen molar-refractivity contribution in [1.82, 2.24) is 19.3 Å². The van der Waals surface area contributed by atoms with Crippen molar-refractivity contribution in [2.45, 2.75) is 16.3 Å². The molecule has 0 atom stereocenters. The fraction of sp³-hybridized carbons (Fsp3) is 0.143. The first kappa shape index (κ1) is 9.35. The molecular formula is C7H7N5S2. The summed E-state index contributed by atoms with van der Waals surface area (Å²) in [6, 6.07) is 0. The number of rotatable bonds is 2. The molecule has 0 aliphatic carbocycles. The lowest BCUT2D eigenvalue weighted by Crippen LogP contribution is -1.94. The van der Waals surface area contributed by atoms with Crippen LogP contribution in [0.1, 0.15) is 5.82 Å². The second-order valence-corrected chi connectivity index (χ2v) is 4.44. The second kappa shape index (κ2) is 3.89. The summed E-state index contributed by atoms with van der Waals surface area (Å²) in [7, 11) is 0. The summed E-state index contributed by atoms with van der Waals surface area (Å²) in [4.78, 5) is 12.2. The van der Waals surface area contributed by atoms with Gasteiger partial charge in [0.05, 0.1) is 0 Å². The highest BCUT2D eigenvalue weighted by molar-refractivity contribution is 8.01. The van der Waals surface area contributed by atoms with Crippen molar-refractivity contribution in [2.24, 2.45) is 0 Å². The van der Waals surface area contributed by atoms with Crippen LogP contribution < -0.4 is 5.73 Å². The van der Waals surface area contributed by atoms with Crippen molar-refractivity contribution in [2.75, 3.05) is 5.73 Å². The van der Waals surface area contributed by atoms with E-state index in [-0.39, 0.29) is 0 Å². The van der Waals surface area contributed by atoms with Gasteiger partial charge in [0.15, 0.2) is 10.2 Å². The average molecular weight is 225 g/mol. The highest BCUT2D eigenvalue weighted by Gasteiger charge is 2.07. The summed E-state index contributed by atoms with van der Waals surface area (Å²) < 4.78 is 4.89. The van der Waals surface area contributed by atoms with E-state index in [9.17, 15) is 0 Å². The van der Waals surface area contributed by atoms with Crippen molar-refractivity contribution in [3.8, 4) is 0 Å². The van der Waals surface area contributed by atoms with Gasteiger partial charge < -0.3 is 5.73 Å².